The minimum absolute atomic E-state index is 0. The van der Waals surface area contributed by atoms with Crippen molar-refractivity contribution >= 4 is 29.9 Å². The van der Waals surface area contributed by atoms with E-state index in [4.69, 9.17) is 0 Å². The molecule has 0 aliphatic carbocycles. The van der Waals surface area contributed by atoms with Gasteiger partial charge in [0.05, 0.1) is 0 Å². The number of nitrogens with one attached hydrogen (secondary N) is 2. The van der Waals surface area contributed by atoms with Crippen LogP contribution in [-0.4, -0.2) is 50.1 Å². The second-order valence-electron chi connectivity index (χ2n) is 4.66. The molecular weight excluding hydrogens is 339 g/mol. The van der Waals surface area contributed by atoms with E-state index in [0.29, 0.717) is 6.04 Å². The van der Waals surface area contributed by atoms with Crippen molar-refractivity contribution in [2.24, 2.45) is 4.99 Å². The maximum atomic E-state index is 4.24. The van der Waals surface area contributed by atoms with E-state index in [9.17, 15) is 0 Å². The highest BCUT2D eigenvalue weighted by atomic mass is 127. The molecular formula is C13H29IN4. The lowest BCUT2D eigenvalue weighted by Gasteiger charge is -2.35. The van der Waals surface area contributed by atoms with Gasteiger partial charge in [0.1, 0.15) is 0 Å². The van der Waals surface area contributed by atoms with Crippen molar-refractivity contribution in [1.29, 1.82) is 0 Å². The van der Waals surface area contributed by atoms with Crippen LogP contribution < -0.4 is 10.6 Å². The molecule has 1 fully saturated rings. The van der Waals surface area contributed by atoms with Crippen molar-refractivity contribution in [2.75, 3.05) is 33.2 Å². The van der Waals surface area contributed by atoms with Gasteiger partial charge in [0.2, 0.25) is 0 Å². The highest BCUT2D eigenvalue weighted by Gasteiger charge is 2.20. The van der Waals surface area contributed by atoms with Gasteiger partial charge in [0, 0.05) is 26.2 Å². The number of nitrogens with zero attached hydrogens (tertiary/aromatic N) is 2. The Morgan fingerprint density at radius 1 is 1.28 bits per heavy atom. The Labute approximate surface area is 129 Å². The van der Waals surface area contributed by atoms with Gasteiger partial charge in [-0.15, -0.1) is 24.0 Å². The van der Waals surface area contributed by atoms with Gasteiger partial charge in [0.15, 0.2) is 5.96 Å². The Morgan fingerprint density at radius 3 is 2.67 bits per heavy atom. The van der Waals surface area contributed by atoms with Gasteiger partial charge in [-0.1, -0.05) is 20.3 Å². The predicted octanol–water partition coefficient (Wildman–Crippen LogP) is 2.05. The van der Waals surface area contributed by atoms with Crippen LogP contribution in [0.25, 0.3) is 0 Å². The minimum atomic E-state index is 0. The van der Waals surface area contributed by atoms with Crippen LogP contribution in [0.2, 0.25) is 0 Å². The first-order valence-corrected chi connectivity index (χ1v) is 7.00. The van der Waals surface area contributed by atoms with E-state index in [0.717, 1.165) is 32.0 Å². The third-order valence-electron chi connectivity index (χ3n) is 3.43. The smallest absolute Gasteiger partial charge is 0.191 e. The number of hydrogen-bond acceptors (Lipinski definition) is 2. The molecule has 1 aliphatic heterocycles. The number of halogens is 1. The van der Waals surface area contributed by atoms with Crippen molar-refractivity contribution in [3.8, 4) is 0 Å². The molecule has 0 saturated carbocycles. The van der Waals surface area contributed by atoms with Crippen LogP contribution in [0, 0.1) is 0 Å². The van der Waals surface area contributed by atoms with Crippen LogP contribution in [-0.2, 0) is 0 Å². The summed E-state index contributed by atoms with van der Waals surface area (Å²) < 4.78 is 0. The molecule has 1 aliphatic rings. The van der Waals surface area contributed by atoms with Crippen molar-refractivity contribution in [3.05, 3.63) is 0 Å². The van der Waals surface area contributed by atoms with Crippen molar-refractivity contribution in [3.63, 3.8) is 0 Å². The average molecular weight is 368 g/mol. The normalized spacial score (nSPS) is 21.3. The third-order valence-corrected chi connectivity index (χ3v) is 3.43. The third kappa shape index (κ3) is 6.22. The maximum Gasteiger partial charge on any atom is 0.191 e. The summed E-state index contributed by atoms with van der Waals surface area (Å²) in [7, 11) is 1.84. The summed E-state index contributed by atoms with van der Waals surface area (Å²) in [6, 6.07) is 0.675. The van der Waals surface area contributed by atoms with Crippen LogP contribution in [0.4, 0.5) is 0 Å². The lowest BCUT2D eigenvalue weighted by molar-refractivity contribution is 0.157. The molecule has 2 N–H and O–H groups in total. The van der Waals surface area contributed by atoms with Crippen LogP contribution in [0.5, 0.6) is 0 Å². The number of rotatable bonds is 5. The molecule has 0 aromatic carbocycles. The van der Waals surface area contributed by atoms with E-state index < -0.39 is 0 Å². The quantitative estimate of drug-likeness (QED) is 0.443. The first-order chi connectivity index (χ1) is 8.31. The van der Waals surface area contributed by atoms with E-state index >= 15 is 0 Å². The fourth-order valence-corrected chi connectivity index (χ4v) is 2.39. The van der Waals surface area contributed by atoms with Gasteiger partial charge in [-0.3, -0.25) is 9.89 Å². The van der Waals surface area contributed by atoms with Crippen molar-refractivity contribution < 1.29 is 0 Å². The van der Waals surface area contributed by atoms with Gasteiger partial charge >= 0.3 is 0 Å². The van der Waals surface area contributed by atoms with Crippen molar-refractivity contribution in [2.45, 2.75) is 45.6 Å². The predicted molar refractivity (Wildman–Crippen MR) is 90.0 cm³/mol. The Kier molecular flexibility index (Phi) is 10.8. The summed E-state index contributed by atoms with van der Waals surface area (Å²) in [5, 5.41) is 6.75. The van der Waals surface area contributed by atoms with Gasteiger partial charge in [-0.25, -0.2) is 0 Å². The zero-order chi connectivity index (χ0) is 12.5. The summed E-state index contributed by atoms with van der Waals surface area (Å²) in [5.74, 6) is 0.938. The fourth-order valence-electron chi connectivity index (χ4n) is 2.39. The van der Waals surface area contributed by atoms with Crippen molar-refractivity contribution in [1.82, 2.24) is 15.5 Å². The van der Waals surface area contributed by atoms with E-state index in [1.807, 2.05) is 7.05 Å². The van der Waals surface area contributed by atoms with E-state index in [1.165, 1.54) is 25.8 Å². The topological polar surface area (TPSA) is 39.7 Å². The molecule has 0 radical (unpaired) electrons. The zero-order valence-corrected chi connectivity index (χ0v) is 14.4. The molecule has 1 atom stereocenters. The lowest BCUT2D eigenvalue weighted by atomic mass is 10.0. The van der Waals surface area contributed by atoms with Crippen LogP contribution >= 0.6 is 24.0 Å². The monoisotopic (exact) mass is 368 g/mol. The summed E-state index contributed by atoms with van der Waals surface area (Å²) >= 11 is 0. The van der Waals surface area contributed by atoms with Crippen LogP contribution in [0.3, 0.4) is 0 Å². The molecule has 4 nitrogen and oxygen atoms in total. The highest BCUT2D eigenvalue weighted by Crippen LogP contribution is 2.15. The number of guanidine groups is 1. The molecule has 0 bridgehead atoms. The largest absolute Gasteiger partial charge is 0.356 e. The van der Waals surface area contributed by atoms with Gasteiger partial charge in [0.25, 0.3) is 0 Å². The Hall–Kier alpha value is -0.0400. The Balaban J connectivity index is 0.00000289. The number of piperidine rings is 1. The molecule has 0 aromatic rings. The molecule has 1 unspecified atom stereocenters. The first-order valence-electron chi connectivity index (χ1n) is 7.00. The number of aliphatic imine (C=N–C) groups is 1. The molecule has 1 rings (SSSR count). The molecule has 108 valence electrons. The van der Waals surface area contributed by atoms with E-state index in [-0.39, 0.29) is 24.0 Å². The van der Waals surface area contributed by atoms with E-state index in [2.05, 4.69) is 34.4 Å². The van der Waals surface area contributed by atoms with Crippen LogP contribution in [0.15, 0.2) is 4.99 Å². The highest BCUT2D eigenvalue weighted by molar-refractivity contribution is 14.0. The van der Waals surface area contributed by atoms with Crippen LogP contribution in [0.1, 0.15) is 39.5 Å². The van der Waals surface area contributed by atoms with Gasteiger partial charge in [-0.05, 0) is 32.4 Å². The Morgan fingerprint density at radius 2 is 2.06 bits per heavy atom. The molecule has 5 heteroatoms. The average Bonchev–Trinajstić information content (AvgIpc) is 2.39. The molecule has 0 spiro atoms. The molecule has 0 aromatic heterocycles. The minimum Gasteiger partial charge on any atom is -0.356 e. The van der Waals surface area contributed by atoms with Gasteiger partial charge < -0.3 is 10.6 Å². The second kappa shape index (κ2) is 10.8. The summed E-state index contributed by atoms with van der Waals surface area (Å²) in [6.07, 6.45) is 5.16. The standard InChI is InChI=1S/C13H28N4.HI/c1-4-9-15-13(14-3)16-11-12-8-6-7-10-17(12)5-2;/h12H,4-11H2,1-3H3,(H2,14,15,16);1H. The summed E-state index contributed by atoms with van der Waals surface area (Å²) in [6.45, 7) is 8.83. The number of likely N-dealkylation sites (tertiary alicyclic amines) is 1. The maximum absolute atomic E-state index is 4.24. The molecule has 18 heavy (non-hydrogen) atoms. The zero-order valence-electron chi connectivity index (χ0n) is 12.0. The first kappa shape index (κ1) is 18.0. The summed E-state index contributed by atoms with van der Waals surface area (Å²) in [5.41, 5.74) is 0. The molecule has 1 heterocycles. The molecule has 0 amide bonds. The fraction of sp³-hybridized carbons (Fsp3) is 0.923. The SMILES string of the molecule is CCCNC(=NC)NCC1CCCCN1CC.I. The lowest BCUT2D eigenvalue weighted by Crippen LogP contribution is -2.49. The number of likely N-dealkylation sites (N-methyl/N-ethyl adjacent to an activating group) is 1. The Bertz CT molecular complexity index is 233. The number of hydrogen-bond donors (Lipinski definition) is 2. The van der Waals surface area contributed by atoms with Gasteiger partial charge in [-0.2, -0.15) is 0 Å². The van der Waals surface area contributed by atoms with E-state index in [1.54, 1.807) is 0 Å². The summed E-state index contributed by atoms with van der Waals surface area (Å²) in [4.78, 5) is 6.81. The molecule has 1 saturated heterocycles. The second-order valence-corrected chi connectivity index (χ2v) is 4.66.